The zero-order valence-corrected chi connectivity index (χ0v) is 11.8. The van der Waals surface area contributed by atoms with Gasteiger partial charge in [0, 0.05) is 11.3 Å². The fraction of sp³-hybridized carbons (Fsp3) is 0.294. The van der Waals surface area contributed by atoms with Crippen molar-refractivity contribution < 1.29 is 9.47 Å². The molecule has 0 amide bonds. The van der Waals surface area contributed by atoms with Gasteiger partial charge in [0.1, 0.15) is 11.5 Å². The Labute approximate surface area is 119 Å². The second-order valence-electron chi connectivity index (χ2n) is 5.33. The Hall–Kier alpha value is -2.16. The van der Waals surface area contributed by atoms with Crippen LogP contribution in [0.25, 0.3) is 0 Å². The summed E-state index contributed by atoms with van der Waals surface area (Å²) in [6, 6.07) is 12.1. The number of nitrogens with two attached hydrogens (primary N) is 1. The van der Waals surface area contributed by atoms with Gasteiger partial charge in [-0.15, -0.1) is 0 Å². The van der Waals surface area contributed by atoms with Crippen LogP contribution < -0.4 is 15.2 Å². The summed E-state index contributed by atoms with van der Waals surface area (Å²) in [5.74, 6) is 2.18. The predicted molar refractivity (Wildman–Crippen MR) is 80.5 cm³/mol. The largest absolute Gasteiger partial charge is 0.493 e. The lowest BCUT2D eigenvalue weighted by atomic mass is 10.0. The molecular weight excluding hydrogens is 250 g/mol. The van der Waals surface area contributed by atoms with Gasteiger partial charge in [-0.3, -0.25) is 0 Å². The lowest BCUT2D eigenvalue weighted by molar-refractivity contribution is 0.247. The van der Waals surface area contributed by atoms with Crippen LogP contribution in [-0.2, 0) is 0 Å². The number of ether oxygens (including phenoxy) is 2. The van der Waals surface area contributed by atoms with Crippen LogP contribution in [0.1, 0.15) is 22.6 Å². The fourth-order valence-corrected chi connectivity index (χ4v) is 2.53. The topological polar surface area (TPSA) is 44.5 Å². The normalized spacial score (nSPS) is 16.6. The van der Waals surface area contributed by atoms with E-state index < -0.39 is 0 Å². The first-order valence-electron chi connectivity index (χ1n) is 6.86. The monoisotopic (exact) mass is 269 g/mol. The van der Waals surface area contributed by atoms with E-state index in [2.05, 4.69) is 6.07 Å². The molecule has 2 aromatic carbocycles. The molecule has 0 saturated heterocycles. The average molecular weight is 269 g/mol. The van der Waals surface area contributed by atoms with Gasteiger partial charge in [-0.2, -0.15) is 0 Å². The van der Waals surface area contributed by atoms with E-state index in [-0.39, 0.29) is 0 Å². The molecule has 0 fully saturated rings. The van der Waals surface area contributed by atoms with Gasteiger partial charge in [-0.1, -0.05) is 18.2 Å². The Morgan fingerprint density at radius 1 is 1.20 bits per heavy atom. The van der Waals surface area contributed by atoms with E-state index in [9.17, 15) is 0 Å². The van der Waals surface area contributed by atoms with E-state index in [1.807, 2.05) is 44.2 Å². The van der Waals surface area contributed by atoms with Gasteiger partial charge in [0.25, 0.3) is 0 Å². The smallest absolute Gasteiger partial charge is 0.123 e. The van der Waals surface area contributed by atoms with Crippen molar-refractivity contribution in [3.63, 3.8) is 0 Å². The highest BCUT2D eigenvalue weighted by molar-refractivity contribution is 5.53. The van der Waals surface area contributed by atoms with Crippen molar-refractivity contribution in [3.8, 4) is 11.5 Å². The number of hydrogen-bond donors (Lipinski definition) is 1. The third-order valence-corrected chi connectivity index (χ3v) is 3.80. The van der Waals surface area contributed by atoms with Gasteiger partial charge in [0.2, 0.25) is 0 Å². The highest BCUT2D eigenvalue weighted by Crippen LogP contribution is 2.34. The first kappa shape index (κ1) is 12.9. The van der Waals surface area contributed by atoms with Crippen LogP contribution in [0.4, 0.5) is 5.69 Å². The van der Waals surface area contributed by atoms with Crippen LogP contribution in [0.5, 0.6) is 11.5 Å². The summed E-state index contributed by atoms with van der Waals surface area (Å²) >= 11 is 0. The molecule has 0 spiro atoms. The quantitative estimate of drug-likeness (QED) is 0.868. The van der Waals surface area contributed by atoms with Gasteiger partial charge in [-0.05, 0) is 43.2 Å². The molecule has 0 aromatic heterocycles. The Morgan fingerprint density at radius 2 is 2.00 bits per heavy atom. The minimum absolute atomic E-state index is 0.295. The Bertz CT molecular complexity index is 637. The maximum atomic E-state index is 5.98. The summed E-state index contributed by atoms with van der Waals surface area (Å²) in [6.45, 7) is 5.33. The van der Waals surface area contributed by atoms with Crippen molar-refractivity contribution in [2.45, 2.75) is 19.8 Å². The summed E-state index contributed by atoms with van der Waals surface area (Å²) in [7, 11) is 0. The number of fused-ring (bicyclic) bond motifs is 1. The van der Waals surface area contributed by atoms with E-state index in [1.54, 1.807) is 0 Å². The van der Waals surface area contributed by atoms with Crippen LogP contribution in [0.15, 0.2) is 36.4 Å². The van der Waals surface area contributed by atoms with Crippen molar-refractivity contribution in [1.29, 1.82) is 0 Å². The maximum absolute atomic E-state index is 5.98. The minimum Gasteiger partial charge on any atom is -0.493 e. The summed E-state index contributed by atoms with van der Waals surface area (Å²) in [4.78, 5) is 0. The van der Waals surface area contributed by atoms with Gasteiger partial charge >= 0.3 is 0 Å². The maximum Gasteiger partial charge on any atom is 0.123 e. The van der Waals surface area contributed by atoms with Gasteiger partial charge < -0.3 is 15.2 Å². The van der Waals surface area contributed by atoms with Crippen LogP contribution >= 0.6 is 0 Å². The number of aryl methyl sites for hydroxylation is 2. The Kier molecular flexibility index (Phi) is 3.26. The Balaban J connectivity index is 1.74. The first-order chi connectivity index (χ1) is 9.65. The van der Waals surface area contributed by atoms with Crippen molar-refractivity contribution in [1.82, 2.24) is 0 Å². The Morgan fingerprint density at radius 3 is 2.85 bits per heavy atom. The average Bonchev–Trinajstić information content (AvgIpc) is 2.85. The number of nitrogen functional groups attached to an aromatic ring is 1. The minimum atomic E-state index is 0.295. The molecule has 104 valence electrons. The van der Waals surface area contributed by atoms with E-state index in [0.717, 1.165) is 28.3 Å². The van der Waals surface area contributed by atoms with E-state index in [0.29, 0.717) is 19.1 Å². The molecule has 1 aliphatic rings. The van der Waals surface area contributed by atoms with Gasteiger partial charge in [0.15, 0.2) is 0 Å². The van der Waals surface area contributed by atoms with Crippen molar-refractivity contribution >= 4 is 5.69 Å². The van der Waals surface area contributed by atoms with E-state index in [4.69, 9.17) is 15.2 Å². The molecule has 1 aliphatic heterocycles. The van der Waals surface area contributed by atoms with E-state index >= 15 is 0 Å². The number of hydrogen-bond acceptors (Lipinski definition) is 3. The second-order valence-corrected chi connectivity index (χ2v) is 5.33. The SMILES string of the molecule is Cc1cc(OCC2COc3ccccc32)c(C)cc1N. The van der Waals surface area contributed by atoms with Crippen LogP contribution in [0, 0.1) is 13.8 Å². The molecule has 1 atom stereocenters. The third kappa shape index (κ3) is 2.31. The first-order valence-corrected chi connectivity index (χ1v) is 6.86. The number of para-hydroxylation sites is 1. The standard InChI is InChI=1S/C17H19NO2/c1-11-8-17(12(2)7-15(11)18)20-10-13-9-19-16-6-4-3-5-14(13)16/h3-8,13H,9-10,18H2,1-2H3. The number of anilines is 1. The molecule has 2 N–H and O–H groups in total. The summed E-state index contributed by atoms with van der Waals surface area (Å²) in [6.07, 6.45) is 0. The van der Waals surface area contributed by atoms with Crippen LogP contribution in [0.3, 0.4) is 0 Å². The van der Waals surface area contributed by atoms with Gasteiger partial charge in [0.05, 0.1) is 19.1 Å². The summed E-state index contributed by atoms with van der Waals surface area (Å²) in [5, 5.41) is 0. The third-order valence-electron chi connectivity index (χ3n) is 3.80. The molecule has 0 radical (unpaired) electrons. The highest BCUT2D eigenvalue weighted by Gasteiger charge is 2.24. The van der Waals surface area contributed by atoms with Crippen molar-refractivity contribution in [3.05, 3.63) is 53.1 Å². The molecule has 1 unspecified atom stereocenters. The molecule has 1 heterocycles. The molecule has 20 heavy (non-hydrogen) atoms. The molecule has 3 heteroatoms. The number of rotatable bonds is 3. The molecule has 3 nitrogen and oxygen atoms in total. The lowest BCUT2D eigenvalue weighted by Crippen LogP contribution is -2.12. The molecule has 0 aliphatic carbocycles. The van der Waals surface area contributed by atoms with Crippen molar-refractivity contribution in [2.24, 2.45) is 0 Å². The lowest BCUT2D eigenvalue weighted by Gasteiger charge is -2.14. The summed E-state index contributed by atoms with van der Waals surface area (Å²) < 4.78 is 11.7. The highest BCUT2D eigenvalue weighted by atomic mass is 16.5. The van der Waals surface area contributed by atoms with Crippen LogP contribution in [0.2, 0.25) is 0 Å². The zero-order chi connectivity index (χ0) is 14.1. The zero-order valence-electron chi connectivity index (χ0n) is 11.8. The molecule has 2 aromatic rings. The molecule has 0 saturated carbocycles. The van der Waals surface area contributed by atoms with Crippen LogP contribution in [-0.4, -0.2) is 13.2 Å². The fourth-order valence-electron chi connectivity index (χ4n) is 2.53. The van der Waals surface area contributed by atoms with Gasteiger partial charge in [-0.25, -0.2) is 0 Å². The molecule has 3 rings (SSSR count). The molecular formula is C17H19NO2. The molecule has 0 bridgehead atoms. The predicted octanol–water partition coefficient (Wildman–Crippen LogP) is 3.44. The number of benzene rings is 2. The summed E-state index contributed by atoms with van der Waals surface area (Å²) in [5.41, 5.74) is 10.1. The van der Waals surface area contributed by atoms with Crippen molar-refractivity contribution in [2.75, 3.05) is 18.9 Å². The second kappa shape index (κ2) is 5.08. The van der Waals surface area contributed by atoms with E-state index in [1.165, 1.54) is 5.56 Å².